The lowest BCUT2D eigenvalue weighted by Crippen LogP contribution is -2.34. The van der Waals surface area contributed by atoms with Gasteiger partial charge in [-0.05, 0) is 32.6 Å². The number of carbonyl (C=O) groups is 1. The van der Waals surface area contributed by atoms with Crippen molar-refractivity contribution in [1.29, 1.82) is 0 Å². The van der Waals surface area contributed by atoms with Gasteiger partial charge in [-0.3, -0.25) is 4.79 Å². The number of hydrogen-bond donors (Lipinski definition) is 0. The van der Waals surface area contributed by atoms with E-state index in [2.05, 4.69) is 37.6 Å². The topological polar surface area (TPSA) is 33.2 Å². The molecule has 0 unspecified atom stereocenters. The fourth-order valence-electron chi connectivity index (χ4n) is 2.28. The second-order valence-corrected chi connectivity index (χ2v) is 6.75. The quantitative estimate of drug-likeness (QED) is 0.836. The molecule has 0 bridgehead atoms. The molecule has 0 aliphatic heterocycles. The normalized spacial score (nSPS) is 15.3. The molecule has 18 heavy (non-hydrogen) atoms. The lowest BCUT2D eigenvalue weighted by Gasteiger charge is -2.27. The summed E-state index contributed by atoms with van der Waals surface area (Å²) >= 11 is 1.71. The SMILES string of the molecule is CC(C)CN(c1nc2c(s1)CCCC2=O)C(C)C. The van der Waals surface area contributed by atoms with Crippen LogP contribution in [0, 0.1) is 5.92 Å². The summed E-state index contributed by atoms with van der Waals surface area (Å²) in [7, 11) is 0. The second kappa shape index (κ2) is 5.39. The third kappa shape index (κ3) is 2.74. The first kappa shape index (κ1) is 13.5. The highest BCUT2D eigenvalue weighted by molar-refractivity contribution is 7.16. The van der Waals surface area contributed by atoms with Crippen LogP contribution in [0.1, 0.15) is 55.9 Å². The Balaban J connectivity index is 2.28. The molecule has 0 fully saturated rings. The van der Waals surface area contributed by atoms with Crippen molar-refractivity contribution in [2.45, 2.75) is 53.0 Å². The number of fused-ring (bicyclic) bond motifs is 1. The highest BCUT2D eigenvalue weighted by Crippen LogP contribution is 2.32. The van der Waals surface area contributed by atoms with Gasteiger partial charge in [0.2, 0.25) is 0 Å². The number of aryl methyl sites for hydroxylation is 1. The summed E-state index contributed by atoms with van der Waals surface area (Å²) in [6.45, 7) is 9.80. The summed E-state index contributed by atoms with van der Waals surface area (Å²) in [5.41, 5.74) is 0.746. The van der Waals surface area contributed by atoms with E-state index in [1.807, 2.05) is 0 Å². The van der Waals surface area contributed by atoms with Crippen molar-refractivity contribution in [2.24, 2.45) is 5.92 Å². The molecule has 1 aliphatic carbocycles. The molecule has 4 heteroatoms. The van der Waals surface area contributed by atoms with E-state index in [9.17, 15) is 4.79 Å². The number of rotatable bonds is 4. The average molecular weight is 266 g/mol. The molecule has 0 saturated heterocycles. The van der Waals surface area contributed by atoms with E-state index in [0.29, 0.717) is 18.4 Å². The Morgan fingerprint density at radius 3 is 2.56 bits per heavy atom. The van der Waals surface area contributed by atoms with Gasteiger partial charge < -0.3 is 4.90 Å². The number of carbonyl (C=O) groups excluding carboxylic acids is 1. The number of nitrogens with zero attached hydrogens (tertiary/aromatic N) is 2. The third-order valence-electron chi connectivity index (χ3n) is 3.19. The monoisotopic (exact) mass is 266 g/mol. The summed E-state index contributed by atoms with van der Waals surface area (Å²) in [6.07, 6.45) is 2.67. The number of anilines is 1. The van der Waals surface area contributed by atoms with Crippen LogP contribution in [0.2, 0.25) is 0 Å². The van der Waals surface area contributed by atoms with E-state index in [-0.39, 0.29) is 5.78 Å². The second-order valence-electron chi connectivity index (χ2n) is 5.68. The maximum Gasteiger partial charge on any atom is 0.186 e. The number of hydrogen-bond acceptors (Lipinski definition) is 4. The van der Waals surface area contributed by atoms with Gasteiger partial charge in [0.25, 0.3) is 0 Å². The molecule has 1 aromatic rings. The molecule has 1 heterocycles. The van der Waals surface area contributed by atoms with Crippen LogP contribution < -0.4 is 4.90 Å². The minimum absolute atomic E-state index is 0.229. The summed E-state index contributed by atoms with van der Waals surface area (Å²) in [4.78, 5) is 20.0. The van der Waals surface area contributed by atoms with Crippen molar-refractivity contribution in [3.05, 3.63) is 10.6 Å². The Morgan fingerprint density at radius 2 is 2.00 bits per heavy atom. The van der Waals surface area contributed by atoms with E-state index in [0.717, 1.165) is 30.2 Å². The standard InChI is InChI=1S/C14H22N2OS/c1-9(2)8-16(10(3)4)14-15-13-11(17)6-5-7-12(13)18-14/h9-10H,5-8H2,1-4H3. The zero-order valence-corrected chi connectivity index (χ0v) is 12.5. The molecule has 0 amide bonds. The van der Waals surface area contributed by atoms with Gasteiger partial charge in [0, 0.05) is 23.9 Å². The Morgan fingerprint density at radius 1 is 1.28 bits per heavy atom. The van der Waals surface area contributed by atoms with E-state index >= 15 is 0 Å². The molecule has 0 atom stereocenters. The first-order chi connectivity index (χ1) is 8.49. The predicted molar refractivity (Wildman–Crippen MR) is 76.7 cm³/mol. The van der Waals surface area contributed by atoms with Crippen LogP contribution in [0.15, 0.2) is 0 Å². The molecule has 100 valence electrons. The maximum atomic E-state index is 11.8. The van der Waals surface area contributed by atoms with Crippen LogP contribution in [-0.2, 0) is 6.42 Å². The maximum absolute atomic E-state index is 11.8. The van der Waals surface area contributed by atoms with Crippen molar-refractivity contribution in [3.63, 3.8) is 0 Å². The van der Waals surface area contributed by atoms with Crippen LogP contribution in [0.25, 0.3) is 0 Å². The zero-order valence-electron chi connectivity index (χ0n) is 11.7. The molecular formula is C14H22N2OS. The van der Waals surface area contributed by atoms with Crippen molar-refractivity contribution in [2.75, 3.05) is 11.4 Å². The van der Waals surface area contributed by atoms with Crippen LogP contribution in [0.5, 0.6) is 0 Å². The Labute approximate surface area is 113 Å². The molecule has 1 aromatic heterocycles. The summed E-state index contributed by atoms with van der Waals surface area (Å²) in [6, 6.07) is 0.426. The minimum atomic E-state index is 0.229. The lowest BCUT2D eigenvalue weighted by molar-refractivity contribution is 0.0968. The molecule has 0 radical (unpaired) electrons. The van der Waals surface area contributed by atoms with Gasteiger partial charge in [0.05, 0.1) is 0 Å². The average Bonchev–Trinajstić information content (AvgIpc) is 2.70. The number of thiazole rings is 1. The molecule has 3 nitrogen and oxygen atoms in total. The van der Waals surface area contributed by atoms with Crippen molar-refractivity contribution in [3.8, 4) is 0 Å². The zero-order chi connectivity index (χ0) is 13.3. The summed E-state index contributed by atoms with van der Waals surface area (Å²) < 4.78 is 0. The van der Waals surface area contributed by atoms with E-state index in [1.165, 1.54) is 4.88 Å². The third-order valence-corrected chi connectivity index (χ3v) is 4.34. The summed E-state index contributed by atoms with van der Waals surface area (Å²) in [5, 5.41) is 1.03. The van der Waals surface area contributed by atoms with Crippen molar-refractivity contribution >= 4 is 22.3 Å². The Bertz CT molecular complexity index is 437. The Hall–Kier alpha value is -0.900. The molecule has 2 rings (SSSR count). The van der Waals surface area contributed by atoms with Crippen LogP contribution >= 0.6 is 11.3 Å². The molecule has 0 saturated carbocycles. The molecule has 0 spiro atoms. The lowest BCUT2D eigenvalue weighted by atomic mass is 10.0. The number of Topliss-reactive ketones (excluding diaryl/α,β-unsaturated/α-hetero) is 1. The summed E-state index contributed by atoms with van der Waals surface area (Å²) in [5.74, 6) is 0.830. The van der Waals surface area contributed by atoms with Crippen LogP contribution in [0.4, 0.5) is 5.13 Å². The first-order valence-electron chi connectivity index (χ1n) is 6.78. The van der Waals surface area contributed by atoms with Crippen molar-refractivity contribution in [1.82, 2.24) is 4.98 Å². The van der Waals surface area contributed by atoms with Crippen molar-refractivity contribution < 1.29 is 4.79 Å². The van der Waals surface area contributed by atoms with Gasteiger partial charge in [-0.15, -0.1) is 11.3 Å². The molecule has 0 N–H and O–H groups in total. The molecule has 0 aromatic carbocycles. The minimum Gasteiger partial charge on any atom is -0.345 e. The number of ketones is 1. The largest absolute Gasteiger partial charge is 0.345 e. The predicted octanol–water partition coefficient (Wildman–Crippen LogP) is 3.53. The van der Waals surface area contributed by atoms with Gasteiger partial charge in [0.1, 0.15) is 5.69 Å². The van der Waals surface area contributed by atoms with E-state index < -0.39 is 0 Å². The molecule has 1 aliphatic rings. The van der Waals surface area contributed by atoms with Gasteiger partial charge in [-0.1, -0.05) is 13.8 Å². The fourth-order valence-corrected chi connectivity index (χ4v) is 3.54. The number of aromatic nitrogens is 1. The molecular weight excluding hydrogens is 244 g/mol. The highest BCUT2D eigenvalue weighted by Gasteiger charge is 2.25. The Kier molecular flexibility index (Phi) is 4.05. The van der Waals surface area contributed by atoms with E-state index in [4.69, 9.17) is 0 Å². The first-order valence-corrected chi connectivity index (χ1v) is 7.60. The van der Waals surface area contributed by atoms with Gasteiger partial charge in [-0.25, -0.2) is 4.98 Å². The van der Waals surface area contributed by atoms with Gasteiger partial charge in [-0.2, -0.15) is 0 Å². The van der Waals surface area contributed by atoms with Crippen LogP contribution in [-0.4, -0.2) is 23.4 Å². The smallest absolute Gasteiger partial charge is 0.186 e. The van der Waals surface area contributed by atoms with Gasteiger partial charge in [0.15, 0.2) is 10.9 Å². The van der Waals surface area contributed by atoms with Crippen LogP contribution in [0.3, 0.4) is 0 Å². The highest BCUT2D eigenvalue weighted by atomic mass is 32.1. The van der Waals surface area contributed by atoms with Gasteiger partial charge >= 0.3 is 0 Å². The fraction of sp³-hybridized carbons (Fsp3) is 0.714. The van der Waals surface area contributed by atoms with E-state index in [1.54, 1.807) is 11.3 Å².